The number of esters is 1. The quantitative estimate of drug-likeness (QED) is 0.566. The molecule has 0 unspecified atom stereocenters. The summed E-state index contributed by atoms with van der Waals surface area (Å²) in [7, 11) is 0. The highest BCUT2D eigenvalue weighted by molar-refractivity contribution is 5.81. The lowest BCUT2D eigenvalue weighted by molar-refractivity contribution is -0.173. The van der Waals surface area contributed by atoms with Gasteiger partial charge in [0.15, 0.2) is 6.61 Å². The lowest BCUT2D eigenvalue weighted by atomic mass is 10.0. The molecule has 5 nitrogen and oxygen atoms in total. The molecule has 1 amide bonds. The molecule has 8 heteroatoms. The summed E-state index contributed by atoms with van der Waals surface area (Å²) in [6.07, 6.45) is -3.64. The van der Waals surface area contributed by atoms with Crippen molar-refractivity contribution < 1.29 is 27.5 Å². The van der Waals surface area contributed by atoms with Gasteiger partial charge in [-0.1, -0.05) is 13.3 Å². The number of rotatable bonds is 7. The number of nitriles is 1. The van der Waals surface area contributed by atoms with Gasteiger partial charge in [-0.25, -0.2) is 0 Å². The summed E-state index contributed by atoms with van der Waals surface area (Å²) in [6.45, 7) is 1.19. The Morgan fingerprint density at radius 1 is 1.37 bits per heavy atom. The van der Waals surface area contributed by atoms with Crippen LogP contribution in [0.1, 0.15) is 26.2 Å². The highest BCUT2D eigenvalue weighted by Gasteiger charge is 2.38. The first-order chi connectivity index (χ1) is 8.79. The van der Waals surface area contributed by atoms with Gasteiger partial charge in [0, 0.05) is 6.54 Å². The SMILES string of the molecule is C[C@@H](CCCCNC(=O)C(F)(F)F)C(=O)OCC#N. The highest BCUT2D eigenvalue weighted by atomic mass is 19.4. The van der Waals surface area contributed by atoms with Crippen LogP contribution in [0.4, 0.5) is 13.2 Å². The van der Waals surface area contributed by atoms with Crippen molar-refractivity contribution in [3.8, 4) is 6.07 Å². The molecule has 0 aliphatic carbocycles. The highest BCUT2D eigenvalue weighted by Crippen LogP contribution is 2.14. The summed E-state index contributed by atoms with van der Waals surface area (Å²) in [5.74, 6) is -2.90. The van der Waals surface area contributed by atoms with E-state index in [9.17, 15) is 22.8 Å². The van der Waals surface area contributed by atoms with Crippen LogP contribution in [-0.2, 0) is 14.3 Å². The molecule has 0 saturated heterocycles. The molecule has 0 aromatic heterocycles. The van der Waals surface area contributed by atoms with Gasteiger partial charge in [0.1, 0.15) is 6.07 Å². The Labute approximate surface area is 108 Å². The fourth-order valence-electron chi connectivity index (χ4n) is 1.24. The fourth-order valence-corrected chi connectivity index (χ4v) is 1.24. The number of halogens is 3. The third kappa shape index (κ3) is 8.02. The molecule has 1 atom stereocenters. The molecule has 0 spiro atoms. The Hall–Kier alpha value is -1.78. The van der Waals surface area contributed by atoms with E-state index < -0.39 is 24.0 Å². The number of alkyl halides is 3. The molecule has 0 aliphatic rings. The maximum Gasteiger partial charge on any atom is 0.471 e. The minimum atomic E-state index is -4.87. The van der Waals surface area contributed by atoms with Crippen molar-refractivity contribution in [1.29, 1.82) is 5.26 Å². The normalized spacial score (nSPS) is 12.4. The molecule has 0 rings (SSSR count). The molecule has 0 aromatic carbocycles. The third-order valence-electron chi connectivity index (χ3n) is 2.29. The van der Waals surface area contributed by atoms with Gasteiger partial charge in [0.25, 0.3) is 0 Å². The summed E-state index contributed by atoms with van der Waals surface area (Å²) in [5, 5.41) is 9.94. The van der Waals surface area contributed by atoms with E-state index in [-0.39, 0.29) is 13.2 Å². The molecule has 0 bridgehead atoms. The summed E-state index contributed by atoms with van der Waals surface area (Å²) < 4.78 is 40.0. The van der Waals surface area contributed by atoms with E-state index in [1.807, 2.05) is 0 Å². The van der Waals surface area contributed by atoms with Crippen LogP contribution in [-0.4, -0.2) is 31.2 Å². The van der Waals surface area contributed by atoms with Gasteiger partial charge in [-0.05, 0) is 12.8 Å². The van der Waals surface area contributed by atoms with E-state index in [0.29, 0.717) is 19.3 Å². The van der Waals surface area contributed by atoms with Gasteiger partial charge in [-0.15, -0.1) is 0 Å². The van der Waals surface area contributed by atoms with Crippen molar-refractivity contribution in [2.75, 3.05) is 13.2 Å². The van der Waals surface area contributed by atoms with Crippen LogP contribution in [0.2, 0.25) is 0 Å². The first kappa shape index (κ1) is 17.2. The summed E-state index contributed by atoms with van der Waals surface area (Å²) >= 11 is 0. The topological polar surface area (TPSA) is 79.2 Å². The lowest BCUT2D eigenvalue weighted by Crippen LogP contribution is -2.37. The van der Waals surface area contributed by atoms with Crippen molar-refractivity contribution in [2.24, 2.45) is 5.92 Å². The molecular formula is C11H15F3N2O3. The van der Waals surface area contributed by atoms with Crippen molar-refractivity contribution in [2.45, 2.75) is 32.4 Å². The average Bonchev–Trinajstić information content (AvgIpc) is 2.33. The molecule has 0 fully saturated rings. The van der Waals surface area contributed by atoms with Gasteiger partial charge in [0.2, 0.25) is 0 Å². The summed E-state index contributed by atoms with van der Waals surface area (Å²) in [6, 6.07) is 1.66. The Bertz CT molecular complexity index is 350. The number of unbranched alkanes of at least 4 members (excludes halogenated alkanes) is 1. The van der Waals surface area contributed by atoms with E-state index in [2.05, 4.69) is 4.74 Å². The first-order valence-electron chi connectivity index (χ1n) is 5.67. The van der Waals surface area contributed by atoms with Crippen molar-refractivity contribution in [3.05, 3.63) is 0 Å². The van der Waals surface area contributed by atoms with Crippen molar-refractivity contribution in [1.82, 2.24) is 5.32 Å². The third-order valence-corrected chi connectivity index (χ3v) is 2.29. The maximum absolute atomic E-state index is 11.8. The standard InChI is InChI=1S/C11H15F3N2O3/c1-8(9(17)19-7-5-15)4-2-3-6-16-10(18)11(12,13)14/h8H,2-4,6-7H2,1H3,(H,16,18)/t8-/m0/s1. The lowest BCUT2D eigenvalue weighted by Gasteiger charge is -2.10. The van der Waals surface area contributed by atoms with Gasteiger partial charge in [-0.2, -0.15) is 18.4 Å². The molecular weight excluding hydrogens is 265 g/mol. The van der Waals surface area contributed by atoms with Gasteiger partial charge in [-0.3, -0.25) is 9.59 Å². The fraction of sp³-hybridized carbons (Fsp3) is 0.727. The van der Waals surface area contributed by atoms with Crippen molar-refractivity contribution in [3.63, 3.8) is 0 Å². The van der Waals surface area contributed by atoms with E-state index >= 15 is 0 Å². The zero-order chi connectivity index (χ0) is 14.9. The number of carbonyl (C=O) groups is 2. The Morgan fingerprint density at radius 2 is 2.00 bits per heavy atom. The maximum atomic E-state index is 11.8. The van der Waals surface area contributed by atoms with Crippen molar-refractivity contribution >= 4 is 11.9 Å². The number of hydrogen-bond donors (Lipinski definition) is 1. The van der Waals surface area contributed by atoms with Gasteiger partial charge in [0.05, 0.1) is 5.92 Å². The number of ether oxygens (including phenoxy) is 1. The number of hydrogen-bond acceptors (Lipinski definition) is 4. The summed E-state index contributed by atoms with van der Waals surface area (Å²) in [4.78, 5) is 21.7. The minimum absolute atomic E-state index is 0.0989. The van der Waals surface area contributed by atoms with Crippen LogP contribution < -0.4 is 5.32 Å². The predicted molar refractivity (Wildman–Crippen MR) is 58.7 cm³/mol. The Morgan fingerprint density at radius 3 is 2.53 bits per heavy atom. The second kappa shape index (κ2) is 8.34. The molecule has 0 aliphatic heterocycles. The minimum Gasteiger partial charge on any atom is -0.450 e. The van der Waals surface area contributed by atoms with E-state index in [1.165, 1.54) is 0 Å². The zero-order valence-corrected chi connectivity index (χ0v) is 10.4. The Balaban J connectivity index is 3.68. The number of carbonyl (C=O) groups excluding carboxylic acids is 2. The van der Waals surface area contributed by atoms with Crippen LogP contribution in [0.3, 0.4) is 0 Å². The molecule has 0 heterocycles. The number of nitrogens with zero attached hydrogens (tertiary/aromatic N) is 1. The van der Waals surface area contributed by atoms with Crippen LogP contribution in [0.15, 0.2) is 0 Å². The zero-order valence-electron chi connectivity index (χ0n) is 10.4. The predicted octanol–water partition coefficient (Wildman–Crippen LogP) is 1.54. The molecule has 1 N–H and O–H groups in total. The van der Waals surface area contributed by atoms with Gasteiger partial charge >= 0.3 is 18.1 Å². The number of amides is 1. The molecule has 0 aromatic rings. The summed E-state index contributed by atoms with van der Waals surface area (Å²) in [5.41, 5.74) is 0. The second-order valence-electron chi connectivity index (χ2n) is 3.92. The monoisotopic (exact) mass is 280 g/mol. The van der Waals surface area contributed by atoms with E-state index in [1.54, 1.807) is 18.3 Å². The van der Waals surface area contributed by atoms with Gasteiger partial charge < -0.3 is 10.1 Å². The van der Waals surface area contributed by atoms with Crippen LogP contribution in [0.25, 0.3) is 0 Å². The van der Waals surface area contributed by atoms with Crippen LogP contribution >= 0.6 is 0 Å². The average molecular weight is 280 g/mol. The van der Waals surface area contributed by atoms with E-state index in [4.69, 9.17) is 5.26 Å². The van der Waals surface area contributed by atoms with E-state index in [0.717, 1.165) is 0 Å². The molecule has 108 valence electrons. The second-order valence-corrected chi connectivity index (χ2v) is 3.92. The number of nitrogens with one attached hydrogen (secondary N) is 1. The smallest absolute Gasteiger partial charge is 0.450 e. The van der Waals surface area contributed by atoms with Crippen LogP contribution in [0, 0.1) is 17.2 Å². The van der Waals surface area contributed by atoms with Crippen LogP contribution in [0.5, 0.6) is 0 Å². The molecule has 19 heavy (non-hydrogen) atoms. The molecule has 0 saturated carbocycles. The largest absolute Gasteiger partial charge is 0.471 e. The Kier molecular flexibility index (Phi) is 7.56. The first-order valence-corrected chi connectivity index (χ1v) is 5.67. The molecule has 0 radical (unpaired) electrons.